The van der Waals surface area contributed by atoms with E-state index in [2.05, 4.69) is 106 Å². The number of carbonyl (C=O) groups is 1. The first-order chi connectivity index (χ1) is 20.0. The Kier molecular flexibility index (Phi) is 4.51. The van der Waals surface area contributed by atoms with Crippen molar-refractivity contribution in [1.29, 1.82) is 0 Å². The molecule has 6 aromatic rings. The summed E-state index contributed by atoms with van der Waals surface area (Å²) in [6.07, 6.45) is 0.178. The fourth-order valence-electron chi connectivity index (χ4n) is 8.25. The van der Waals surface area contributed by atoms with Crippen molar-refractivity contribution < 1.29 is 14.3 Å². The number of para-hydroxylation sites is 3. The van der Waals surface area contributed by atoms with Gasteiger partial charge in [0.1, 0.15) is 12.3 Å². The number of amides is 1. The van der Waals surface area contributed by atoms with Crippen LogP contribution in [0.2, 0.25) is 0 Å². The van der Waals surface area contributed by atoms with E-state index in [-0.39, 0.29) is 24.3 Å². The van der Waals surface area contributed by atoms with E-state index in [0.29, 0.717) is 6.54 Å². The summed E-state index contributed by atoms with van der Waals surface area (Å²) < 4.78 is 18.5. The van der Waals surface area contributed by atoms with E-state index in [4.69, 9.17) is 9.47 Å². The molecule has 0 aliphatic carbocycles. The summed E-state index contributed by atoms with van der Waals surface area (Å²) in [6, 6.07) is 27.5. The van der Waals surface area contributed by atoms with Crippen molar-refractivity contribution in [3.05, 3.63) is 90.0 Å². The fraction of sp³-hybridized carbons (Fsp3) is 0.265. The van der Waals surface area contributed by atoms with Crippen LogP contribution in [-0.2, 0) is 21.7 Å². The van der Waals surface area contributed by atoms with Crippen molar-refractivity contribution in [3.8, 4) is 0 Å². The van der Waals surface area contributed by atoms with Gasteiger partial charge in [0.25, 0.3) is 5.91 Å². The maximum atomic E-state index is 13.5. The smallest absolute Gasteiger partial charge is 0.252 e. The van der Waals surface area contributed by atoms with E-state index in [1.807, 2.05) is 6.07 Å². The van der Waals surface area contributed by atoms with Crippen molar-refractivity contribution in [1.82, 2.24) is 14.5 Å². The Morgan fingerprint density at radius 1 is 0.927 bits per heavy atom. The lowest BCUT2D eigenvalue weighted by atomic mass is 9.91. The molecule has 3 aliphatic heterocycles. The number of rotatable bonds is 3. The molecule has 1 amide bonds. The second-order valence-corrected chi connectivity index (χ2v) is 11.8. The average molecular weight is 543 g/mol. The average Bonchev–Trinajstić information content (AvgIpc) is 3.64. The number of nitrogens with one attached hydrogen (secondary N) is 1. The molecule has 4 atom stereocenters. The molecule has 4 aromatic carbocycles. The number of likely N-dealkylation sites (N-methyl/N-ethyl adjacent to an activating group) is 1. The van der Waals surface area contributed by atoms with E-state index in [1.54, 1.807) is 7.11 Å². The molecule has 0 saturated carbocycles. The van der Waals surface area contributed by atoms with Crippen molar-refractivity contribution in [2.75, 3.05) is 19.1 Å². The second-order valence-electron chi connectivity index (χ2n) is 11.8. The van der Waals surface area contributed by atoms with Crippen molar-refractivity contribution in [3.63, 3.8) is 0 Å². The Morgan fingerprint density at radius 3 is 2.37 bits per heavy atom. The summed E-state index contributed by atoms with van der Waals surface area (Å²) in [5.41, 5.74) is 6.53. The van der Waals surface area contributed by atoms with Gasteiger partial charge in [-0.3, -0.25) is 4.79 Å². The first-order valence-corrected chi connectivity index (χ1v) is 14.3. The third kappa shape index (κ3) is 2.73. The number of methoxy groups -OCH3 is 1. The van der Waals surface area contributed by atoms with Crippen LogP contribution in [0, 0.1) is 0 Å². The molecule has 9 rings (SSSR count). The Morgan fingerprint density at radius 2 is 1.61 bits per heavy atom. The highest BCUT2D eigenvalue weighted by molar-refractivity contribution is 6.31. The number of fused-ring (bicyclic) bond motifs is 13. The van der Waals surface area contributed by atoms with Gasteiger partial charge in [-0.1, -0.05) is 54.6 Å². The lowest BCUT2D eigenvalue weighted by Crippen LogP contribution is -2.60. The number of carbonyl (C=O) groups excluding carboxylic acids is 1. The van der Waals surface area contributed by atoms with Crippen LogP contribution in [0.3, 0.4) is 0 Å². The Hall–Kier alpha value is -4.33. The molecule has 0 unspecified atom stereocenters. The van der Waals surface area contributed by atoms with Crippen LogP contribution in [0.4, 0.5) is 5.69 Å². The van der Waals surface area contributed by atoms with Crippen LogP contribution in [0.25, 0.3) is 43.6 Å². The lowest BCUT2D eigenvalue weighted by Gasteiger charge is -2.51. The molecule has 7 heteroatoms. The van der Waals surface area contributed by atoms with Gasteiger partial charge in [-0.25, -0.2) is 0 Å². The van der Waals surface area contributed by atoms with Crippen LogP contribution in [0.15, 0.2) is 78.9 Å². The van der Waals surface area contributed by atoms with Gasteiger partial charge in [0.05, 0.1) is 33.7 Å². The molecule has 1 fully saturated rings. The zero-order chi connectivity index (χ0) is 27.6. The van der Waals surface area contributed by atoms with Crippen LogP contribution in [0.5, 0.6) is 0 Å². The van der Waals surface area contributed by atoms with Crippen molar-refractivity contribution >= 4 is 55.2 Å². The van der Waals surface area contributed by atoms with E-state index in [0.717, 1.165) is 66.8 Å². The van der Waals surface area contributed by atoms with Crippen molar-refractivity contribution in [2.45, 2.75) is 44.0 Å². The summed E-state index contributed by atoms with van der Waals surface area (Å²) >= 11 is 0. The van der Waals surface area contributed by atoms with Gasteiger partial charge in [0.2, 0.25) is 0 Å². The van der Waals surface area contributed by atoms with E-state index in [9.17, 15) is 4.79 Å². The van der Waals surface area contributed by atoms with Crippen molar-refractivity contribution in [2.24, 2.45) is 0 Å². The molecule has 3 aliphatic rings. The molecule has 1 saturated heterocycles. The molecule has 1 N–H and O–H groups in total. The Labute approximate surface area is 236 Å². The summed E-state index contributed by atoms with van der Waals surface area (Å²) in [7, 11) is 3.96. The zero-order valence-corrected chi connectivity index (χ0v) is 23.2. The van der Waals surface area contributed by atoms with E-state index in [1.165, 1.54) is 0 Å². The summed E-state index contributed by atoms with van der Waals surface area (Å²) in [5, 5.41) is 7.52. The highest BCUT2D eigenvalue weighted by Crippen LogP contribution is 2.54. The second kappa shape index (κ2) is 7.90. The largest absolute Gasteiger partial charge is 0.374 e. The van der Waals surface area contributed by atoms with Gasteiger partial charge in [-0.05, 0) is 36.8 Å². The van der Waals surface area contributed by atoms with Gasteiger partial charge < -0.3 is 28.8 Å². The Bertz CT molecular complexity index is 2080. The first kappa shape index (κ1) is 23.4. The maximum absolute atomic E-state index is 13.5. The zero-order valence-electron chi connectivity index (χ0n) is 23.2. The number of anilines is 1. The molecule has 41 heavy (non-hydrogen) atoms. The van der Waals surface area contributed by atoms with Gasteiger partial charge in [0.15, 0.2) is 5.72 Å². The molecule has 2 bridgehead atoms. The Balaban J connectivity index is 1.48. The first-order valence-electron chi connectivity index (χ1n) is 14.3. The normalized spacial score (nSPS) is 24.9. The predicted octanol–water partition coefficient (Wildman–Crippen LogP) is 6.27. The molecule has 5 heterocycles. The molecule has 7 nitrogen and oxygen atoms in total. The number of aromatic nitrogens is 2. The minimum absolute atomic E-state index is 0.00237. The van der Waals surface area contributed by atoms with E-state index >= 15 is 0 Å². The number of ether oxygens (including phenoxy) is 2. The van der Waals surface area contributed by atoms with Gasteiger partial charge >= 0.3 is 0 Å². The highest BCUT2D eigenvalue weighted by atomic mass is 16.6. The third-order valence-corrected chi connectivity index (χ3v) is 9.86. The molecule has 0 spiro atoms. The third-order valence-electron chi connectivity index (χ3n) is 9.86. The maximum Gasteiger partial charge on any atom is 0.252 e. The summed E-state index contributed by atoms with van der Waals surface area (Å²) in [4.78, 5) is 15.9. The minimum atomic E-state index is -0.829. The number of hydrogen-bond acceptors (Lipinski definition) is 4. The monoisotopic (exact) mass is 542 g/mol. The SMILES string of the molecule is CO[C@H]1[C@@H](N(C)c2ccccc2)C[C@@H]2O[C@@]1(C)n1c3ccccc3c3c4c(c5c6ccccc6n2c5c31)C(=O)NC4. The molecule has 204 valence electrons. The van der Waals surface area contributed by atoms with E-state index < -0.39 is 5.72 Å². The quantitative estimate of drug-likeness (QED) is 0.286. The van der Waals surface area contributed by atoms with Gasteiger partial charge in [-0.15, -0.1) is 0 Å². The lowest BCUT2D eigenvalue weighted by molar-refractivity contribution is -0.253. The highest BCUT2D eigenvalue weighted by Gasteiger charge is 2.54. The molecular weight excluding hydrogens is 512 g/mol. The number of nitrogens with zero attached hydrogens (tertiary/aromatic N) is 3. The predicted molar refractivity (Wildman–Crippen MR) is 161 cm³/mol. The molecular formula is C34H30N4O3. The number of benzene rings is 4. The standard InChI is InChI=1S/C34H30N4O3/c1-34-32(40-3)25(36(2)19-11-5-4-6-12-19)17-26(41-34)37-23-15-9-7-13-20(23)28-29-22(18-35-33(29)39)27-21-14-8-10-16-24(21)38(34)31(27)30(28)37/h4-16,25-26,32H,17-18H2,1-3H3,(H,35,39)/t25-,26-,32-,34+/m0/s1. The van der Waals surface area contributed by atoms with Gasteiger partial charge in [-0.2, -0.15) is 0 Å². The topological polar surface area (TPSA) is 60.7 Å². The minimum Gasteiger partial charge on any atom is -0.374 e. The van der Waals surface area contributed by atoms with Crippen LogP contribution >= 0.6 is 0 Å². The van der Waals surface area contributed by atoms with Crippen LogP contribution in [0.1, 0.15) is 35.5 Å². The summed E-state index contributed by atoms with van der Waals surface area (Å²) in [5.74, 6) is -0.00237. The molecule has 0 radical (unpaired) electrons. The summed E-state index contributed by atoms with van der Waals surface area (Å²) in [6.45, 7) is 2.70. The molecule has 2 aromatic heterocycles. The van der Waals surface area contributed by atoms with Gasteiger partial charge in [0, 0.05) is 54.4 Å². The van der Waals surface area contributed by atoms with Crippen LogP contribution < -0.4 is 10.2 Å². The fourth-order valence-corrected chi connectivity index (χ4v) is 8.25. The van der Waals surface area contributed by atoms with Crippen LogP contribution in [-0.4, -0.2) is 41.3 Å². The number of hydrogen-bond donors (Lipinski definition) is 1.